The number of hydrogen-bond donors (Lipinski definition) is 0. The van der Waals surface area contributed by atoms with Gasteiger partial charge in [0.15, 0.2) is 0 Å². The van der Waals surface area contributed by atoms with Crippen LogP contribution in [0.5, 0.6) is 0 Å². The van der Waals surface area contributed by atoms with Crippen LogP contribution in [0, 0.1) is 24.0 Å². The molecule has 0 unspecified atom stereocenters. The molecule has 0 bridgehead atoms. The van der Waals surface area contributed by atoms with Crippen molar-refractivity contribution in [3.8, 4) is 5.82 Å². The number of carbonyl (C=O) groups excluding carboxylic acids is 1. The first-order chi connectivity index (χ1) is 14.5. The van der Waals surface area contributed by atoms with Crippen LogP contribution in [0.15, 0.2) is 43.0 Å². The van der Waals surface area contributed by atoms with Gasteiger partial charge in [-0.2, -0.15) is 0 Å². The van der Waals surface area contributed by atoms with Crippen molar-refractivity contribution in [2.75, 3.05) is 31.1 Å². The first-order valence-electron chi connectivity index (χ1n) is 9.56. The highest BCUT2D eigenvalue weighted by molar-refractivity contribution is 5.98. The van der Waals surface area contributed by atoms with Crippen molar-refractivity contribution >= 4 is 17.4 Å². The number of anilines is 1. The number of nitro groups is 1. The third kappa shape index (κ3) is 3.59. The van der Waals surface area contributed by atoms with Crippen LogP contribution in [0.3, 0.4) is 0 Å². The highest BCUT2D eigenvalue weighted by Crippen LogP contribution is 2.22. The summed E-state index contributed by atoms with van der Waals surface area (Å²) in [6, 6.07) is 7.94. The molecule has 4 rings (SSSR count). The zero-order chi connectivity index (χ0) is 21.3. The smallest absolute Gasteiger partial charge is 0.282 e. The molecule has 10 heteroatoms. The number of hydrogen-bond acceptors (Lipinski definition) is 7. The van der Waals surface area contributed by atoms with E-state index in [1.807, 2.05) is 24.5 Å². The Labute approximate surface area is 173 Å². The second-order valence-corrected chi connectivity index (χ2v) is 7.07. The minimum Gasteiger partial charge on any atom is -0.353 e. The van der Waals surface area contributed by atoms with Crippen molar-refractivity contribution < 1.29 is 9.72 Å². The lowest BCUT2D eigenvalue weighted by molar-refractivity contribution is -0.385. The molecular formula is C20H21N7O3. The Hall–Kier alpha value is -3.82. The van der Waals surface area contributed by atoms with Gasteiger partial charge in [0.05, 0.1) is 10.6 Å². The molecular weight excluding hydrogens is 386 g/mol. The molecule has 3 aromatic rings. The molecule has 3 heterocycles. The van der Waals surface area contributed by atoms with Crippen LogP contribution in [0.4, 0.5) is 11.5 Å². The van der Waals surface area contributed by atoms with E-state index < -0.39 is 4.92 Å². The Morgan fingerprint density at radius 1 is 1.03 bits per heavy atom. The molecule has 2 aromatic heterocycles. The summed E-state index contributed by atoms with van der Waals surface area (Å²) in [6.45, 7) is 5.98. The van der Waals surface area contributed by atoms with E-state index in [9.17, 15) is 14.9 Å². The van der Waals surface area contributed by atoms with Gasteiger partial charge >= 0.3 is 0 Å². The standard InChI is InChI=1S/C20H21N7O3/c1-14-15(2)26(13-23-14)19-11-18(21-12-22-19)24-7-9-25(10-8-24)20(28)16-5-3-4-6-17(16)27(29)30/h3-6,11-13H,7-10H2,1-2H3. The van der Waals surface area contributed by atoms with Crippen molar-refractivity contribution in [3.05, 3.63) is 70.1 Å². The number of aromatic nitrogens is 4. The average molecular weight is 407 g/mol. The maximum absolute atomic E-state index is 12.8. The number of aryl methyl sites for hydroxylation is 1. The van der Waals surface area contributed by atoms with E-state index in [1.54, 1.807) is 23.4 Å². The summed E-state index contributed by atoms with van der Waals surface area (Å²) in [6.07, 6.45) is 3.25. The molecule has 0 radical (unpaired) electrons. The molecule has 1 aliphatic heterocycles. The first-order valence-corrected chi connectivity index (χ1v) is 9.56. The molecule has 0 atom stereocenters. The summed E-state index contributed by atoms with van der Waals surface area (Å²) in [5, 5.41) is 11.2. The van der Waals surface area contributed by atoms with E-state index in [0.717, 1.165) is 23.0 Å². The van der Waals surface area contributed by atoms with Crippen LogP contribution in [0.25, 0.3) is 5.82 Å². The second-order valence-electron chi connectivity index (χ2n) is 7.07. The summed E-state index contributed by atoms with van der Waals surface area (Å²) in [5.74, 6) is 1.18. The van der Waals surface area contributed by atoms with Crippen LogP contribution >= 0.6 is 0 Å². The number of imidazole rings is 1. The molecule has 1 aliphatic rings. The summed E-state index contributed by atoms with van der Waals surface area (Å²) in [4.78, 5) is 40.3. The lowest BCUT2D eigenvalue weighted by atomic mass is 10.1. The lowest BCUT2D eigenvalue weighted by Gasteiger charge is -2.35. The zero-order valence-corrected chi connectivity index (χ0v) is 16.7. The summed E-state index contributed by atoms with van der Waals surface area (Å²) < 4.78 is 1.91. The fourth-order valence-electron chi connectivity index (χ4n) is 3.49. The van der Waals surface area contributed by atoms with Gasteiger partial charge in [-0.1, -0.05) is 12.1 Å². The van der Waals surface area contributed by atoms with Gasteiger partial charge in [-0.05, 0) is 19.9 Å². The van der Waals surface area contributed by atoms with Gasteiger partial charge in [0.1, 0.15) is 29.9 Å². The molecule has 0 spiro atoms. The third-order valence-electron chi connectivity index (χ3n) is 5.36. The van der Waals surface area contributed by atoms with Crippen LogP contribution in [-0.4, -0.2) is 61.4 Å². The summed E-state index contributed by atoms with van der Waals surface area (Å²) >= 11 is 0. The van der Waals surface area contributed by atoms with E-state index >= 15 is 0 Å². The minimum absolute atomic E-state index is 0.117. The number of rotatable bonds is 4. The van der Waals surface area contributed by atoms with Crippen LogP contribution in [0.2, 0.25) is 0 Å². The molecule has 10 nitrogen and oxygen atoms in total. The number of nitro benzene ring substituents is 1. The van der Waals surface area contributed by atoms with Gasteiger partial charge in [-0.3, -0.25) is 19.5 Å². The molecule has 30 heavy (non-hydrogen) atoms. The highest BCUT2D eigenvalue weighted by atomic mass is 16.6. The van der Waals surface area contributed by atoms with Gasteiger partial charge in [0.25, 0.3) is 11.6 Å². The Bertz CT molecular complexity index is 1100. The number of benzene rings is 1. The number of piperazine rings is 1. The van der Waals surface area contributed by atoms with Gasteiger partial charge in [-0.25, -0.2) is 15.0 Å². The lowest BCUT2D eigenvalue weighted by Crippen LogP contribution is -2.49. The second kappa shape index (κ2) is 7.90. The van der Waals surface area contributed by atoms with E-state index in [4.69, 9.17) is 0 Å². The molecule has 1 saturated heterocycles. The number of para-hydroxylation sites is 1. The molecule has 1 amide bonds. The number of carbonyl (C=O) groups is 1. The van der Waals surface area contributed by atoms with E-state index in [2.05, 4.69) is 19.9 Å². The quantitative estimate of drug-likeness (QED) is 0.481. The van der Waals surface area contributed by atoms with Gasteiger partial charge in [0.2, 0.25) is 0 Å². The first kappa shape index (κ1) is 19.5. The van der Waals surface area contributed by atoms with Crippen molar-refractivity contribution in [3.63, 3.8) is 0 Å². The van der Waals surface area contributed by atoms with Gasteiger partial charge < -0.3 is 9.80 Å². The topological polar surface area (TPSA) is 110 Å². The molecule has 154 valence electrons. The van der Waals surface area contributed by atoms with Gasteiger partial charge in [-0.15, -0.1) is 0 Å². The maximum atomic E-state index is 12.8. The Morgan fingerprint density at radius 3 is 2.40 bits per heavy atom. The molecule has 0 N–H and O–H groups in total. The third-order valence-corrected chi connectivity index (χ3v) is 5.36. The number of amides is 1. The predicted molar refractivity (Wildman–Crippen MR) is 110 cm³/mol. The van der Waals surface area contributed by atoms with Crippen LogP contribution in [0.1, 0.15) is 21.7 Å². The Morgan fingerprint density at radius 2 is 1.73 bits per heavy atom. The highest BCUT2D eigenvalue weighted by Gasteiger charge is 2.27. The van der Waals surface area contributed by atoms with Gasteiger partial charge in [0, 0.05) is 44.0 Å². The normalized spacial score (nSPS) is 14.1. The van der Waals surface area contributed by atoms with Crippen molar-refractivity contribution in [2.24, 2.45) is 0 Å². The maximum Gasteiger partial charge on any atom is 0.282 e. The molecule has 0 saturated carbocycles. The minimum atomic E-state index is -0.522. The van der Waals surface area contributed by atoms with Crippen LogP contribution < -0.4 is 4.90 Å². The van der Waals surface area contributed by atoms with Crippen molar-refractivity contribution in [2.45, 2.75) is 13.8 Å². The fraction of sp³-hybridized carbons (Fsp3) is 0.300. The summed E-state index contributed by atoms with van der Waals surface area (Å²) in [7, 11) is 0. The Kier molecular flexibility index (Phi) is 5.13. The monoisotopic (exact) mass is 407 g/mol. The van der Waals surface area contributed by atoms with Crippen LogP contribution in [-0.2, 0) is 0 Å². The zero-order valence-electron chi connectivity index (χ0n) is 16.7. The van der Waals surface area contributed by atoms with E-state index in [0.29, 0.717) is 26.2 Å². The fourth-order valence-corrected chi connectivity index (χ4v) is 3.49. The van der Waals surface area contributed by atoms with E-state index in [-0.39, 0.29) is 17.2 Å². The molecule has 0 aliphatic carbocycles. The van der Waals surface area contributed by atoms with Crippen molar-refractivity contribution in [1.82, 2.24) is 24.4 Å². The summed E-state index contributed by atoms with van der Waals surface area (Å²) in [5.41, 5.74) is 1.90. The van der Waals surface area contributed by atoms with Crippen molar-refractivity contribution in [1.29, 1.82) is 0 Å². The SMILES string of the molecule is Cc1ncn(-c2cc(N3CCN(C(=O)c4ccccc4[N+](=O)[O-])CC3)ncn2)c1C. The van der Waals surface area contributed by atoms with E-state index in [1.165, 1.54) is 18.5 Å². The average Bonchev–Trinajstić information content (AvgIpc) is 3.11. The molecule has 1 aromatic carbocycles. The predicted octanol–water partition coefficient (Wildman–Crippen LogP) is 2.15. The molecule has 1 fully saturated rings. The number of nitrogens with zero attached hydrogens (tertiary/aromatic N) is 7. The largest absolute Gasteiger partial charge is 0.353 e. The Balaban J connectivity index is 1.48.